The minimum absolute atomic E-state index is 0.213. The Morgan fingerprint density at radius 3 is 2.94 bits per heavy atom. The lowest BCUT2D eigenvalue weighted by Crippen LogP contribution is -2.27. The molecule has 0 aliphatic rings. The number of benzene rings is 1. The second kappa shape index (κ2) is 6.32. The molecule has 1 atom stereocenters. The molecule has 1 N–H and O–H groups in total. The molecule has 0 amide bonds. The highest BCUT2D eigenvalue weighted by Gasteiger charge is 2.07. The van der Waals surface area contributed by atoms with E-state index in [-0.39, 0.29) is 5.82 Å². The first kappa shape index (κ1) is 13.5. The van der Waals surface area contributed by atoms with Crippen molar-refractivity contribution in [3.63, 3.8) is 0 Å². The van der Waals surface area contributed by atoms with Crippen molar-refractivity contribution < 1.29 is 4.39 Å². The Hall–Kier alpha value is -0.900. The van der Waals surface area contributed by atoms with Crippen molar-refractivity contribution in [3.8, 4) is 0 Å². The molecule has 2 aromatic rings. The number of rotatable bonds is 5. The first-order chi connectivity index (χ1) is 8.65. The van der Waals surface area contributed by atoms with Crippen molar-refractivity contribution in [1.29, 1.82) is 0 Å². The second-order valence-electron chi connectivity index (χ2n) is 4.35. The molecule has 1 heterocycles. The first-order valence-electron chi connectivity index (χ1n) is 5.83. The topological polar surface area (TPSA) is 12.0 Å². The van der Waals surface area contributed by atoms with Gasteiger partial charge in [0.25, 0.3) is 0 Å². The van der Waals surface area contributed by atoms with Crippen LogP contribution in [0.15, 0.2) is 35.0 Å². The smallest absolute Gasteiger partial charge is 0.127 e. The van der Waals surface area contributed by atoms with Gasteiger partial charge in [0.15, 0.2) is 0 Å². The fourth-order valence-corrected chi connectivity index (χ4v) is 2.67. The van der Waals surface area contributed by atoms with Crippen LogP contribution in [0.25, 0.3) is 0 Å². The first-order valence-corrected chi connectivity index (χ1v) is 7.15. The van der Waals surface area contributed by atoms with Crippen LogP contribution in [0.4, 0.5) is 4.39 Å². The number of thiophene rings is 1. The van der Waals surface area contributed by atoms with Crippen molar-refractivity contribution >= 4 is 22.9 Å². The van der Waals surface area contributed by atoms with Crippen LogP contribution in [-0.4, -0.2) is 6.04 Å². The summed E-state index contributed by atoms with van der Waals surface area (Å²) in [5, 5.41) is 8.08. The summed E-state index contributed by atoms with van der Waals surface area (Å²) in [6.07, 6.45) is 0.950. The van der Waals surface area contributed by atoms with E-state index >= 15 is 0 Å². The molecule has 0 aliphatic carbocycles. The van der Waals surface area contributed by atoms with Crippen LogP contribution in [0, 0.1) is 5.82 Å². The van der Waals surface area contributed by atoms with Gasteiger partial charge in [-0.25, -0.2) is 4.39 Å². The van der Waals surface area contributed by atoms with Crippen molar-refractivity contribution in [3.05, 3.63) is 57.0 Å². The van der Waals surface area contributed by atoms with Gasteiger partial charge in [-0.2, -0.15) is 11.3 Å². The van der Waals surface area contributed by atoms with E-state index in [1.807, 2.05) is 0 Å². The maximum Gasteiger partial charge on any atom is 0.127 e. The molecule has 18 heavy (non-hydrogen) atoms. The Morgan fingerprint density at radius 1 is 1.39 bits per heavy atom. The van der Waals surface area contributed by atoms with E-state index in [2.05, 4.69) is 29.1 Å². The Kier molecular flexibility index (Phi) is 4.75. The third kappa shape index (κ3) is 3.80. The summed E-state index contributed by atoms with van der Waals surface area (Å²) in [5.41, 5.74) is 1.92. The van der Waals surface area contributed by atoms with E-state index in [9.17, 15) is 4.39 Å². The van der Waals surface area contributed by atoms with Crippen LogP contribution in [0.3, 0.4) is 0 Å². The van der Waals surface area contributed by atoms with Crippen molar-refractivity contribution in [1.82, 2.24) is 5.32 Å². The molecule has 1 unspecified atom stereocenters. The summed E-state index contributed by atoms with van der Waals surface area (Å²) in [5.74, 6) is -0.213. The largest absolute Gasteiger partial charge is 0.310 e. The average Bonchev–Trinajstić information content (AvgIpc) is 2.83. The molecular weight excluding hydrogens is 269 g/mol. The van der Waals surface area contributed by atoms with Crippen molar-refractivity contribution in [2.45, 2.75) is 25.9 Å². The molecule has 1 aromatic carbocycles. The number of hydrogen-bond acceptors (Lipinski definition) is 2. The summed E-state index contributed by atoms with van der Waals surface area (Å²) in [4.78, 5) is 0. The van der Waals surface area contributed by atoms with Gasteiger partial charge >= 0.3 is 0 Å². The zero-order valence-corrected chi connectivity index (χ0v) is 11.7. The molecule has 0 saturated carbocycles. The zero-order valence-electron chi connectivity index (χ0n) is 10.1. The Morgan fingerprint density at radius 2 is 2.22 bits per heavy atom. The predicted molar refractivity (Wildman–Crippen MR) is 75.7 cm³/mol. The van der Waals surface area contributed by atoms with Crippen LogP contribution in [0.1, 0.15) is 18.1 Å². The Bertz CT molecular complexity index is 499. The molecule has 0 aliphatic heterocycles. The fourth-order valence-electron chi connectivity index (χ4n) is 1.80. The highest BCUT2D eigenvalue weighted by Crippen LogP contribution is 2.15. The lowest BCUT2D eigenvalue weighted by atomic mass is 10.1. The number of hydrogen-bond donors (Lipinski definition) is 1. The maximum atomic E-state index is 13.5. The van der Waals surface area contributed by atoms with Gasteiger partial charge in [0.05, 0.1) is 0 Å². The van der Waals surface area contributed by atoms with Gasteiger partial charge in [0, 0.05) is 23.2 Å². The quantitative estimate of drug-likeness (QED) is 0.864. The molecule has 0 bridgehead atoms. The number of halogens is 2. The molecule has 1 aromatic heterocycles. The van der Waals surface area contributed by atoms with Gasteiger partial charge < -0.3 is 5.32 Å². The molecule has 0 radical (unpaired) electrons. The van der Waals surface area contributed by atoms with Gasteiger partial charge in [-0.05, 0) is 53.9 Å². The SMILES string of the molecule is CC(Cc1ccsc1)NCc1cc(Cl)ccc1F. The molecule has 96 valence electrons. The summed E-state index contributed by atoms with van der Waals surface area (Å²) < 4.78 is 13.5. The van der Waals surface area contributed by atoms with Crippen LogP contribution < -0.4 is 5.32 Å². The summed E-state index contributed by atoms with van der Waals surface area (Å²) in [6, 6.07) is 7.06. The van der Waals surface area contributed by atoms with Crippen LogP contribution in [0.5, 0.6) is 0 Å². The molecule has 2 rings (SSSR count). The van der Waals surface area contributed by atoms with E-state index < -0.39 is 0 Å². The highest BCUT2D eigenvalue weighted by molar-refractivity contribution is 7.07. The summed E-state index contributed by atoms with van der Waals surface area (Å²) in [7, 11) is 0. The molecular formula is C14H15ClFNS. The summed E-state index contributed by atoms with van der Waals surface area (Å²) >= 11 is 7.55. The zero-order chi connectivity index (χ0) is 13.0. The number of nitrogens with one attached hydrogen (secondary N) is 1. The van der Waals surface area contributed by atoms with Gasteiger partial charge in [0.2, 0.25) is 0 Å². The molecule has 1 nitrogen and oxygen atoms in total. The van der Waals surface area contributed by atoms with Crippen molar-refractivity contribution in [2.24, 2.45) is 0 Å². The van der Waals surface area contributed by atoms with E-state index in [1.54, 1.807) is 23.5 Å². The normalized spacial score (nSPS) is 12.6. The highest BCUT2D eigenvalue weighted by atomic mass is 35.5. The van der Waals surface area contributed by atoms with Crippen molar-refractivity contribution in [2.75, 3.05) is 0 Å². The maximum absolute atomic E-state index is 13.5. The third-order valence-corrected chi connectivity index (χ3v) is 3.74. The van der Waals surface area contributed by atoms with Gasteiger partial charge in [-0.3, -0.25) is 0 Å². The van der Waals surface area contributed by atoms with Gasteiger partial charge in [0.1, 0.15) is 5.82 Å². The van der Waals surface area contributed by atoms with Crippen LogP contribution >= 0.6 is 22.9 Å². The van der Waals surface area contributed by atoms with E-state index in [4.69, 9.17) is 11.6 Å². The average molecular weight is 284 g/mol. The minimum atomic E-state index is -0.213. The van der Waals surface area contributed by atoms with E-state index in [0.29, 0.717) is 23.2 Å². The molecule has 0 fully saturated rings. The monoisotopic (exact) mass is 283 g/mol. The minimum Gasteiger partial charge on any atom is -0.310 e. The van der Waals surface area contributed by atoms with E-state index in [1.165, 1.54) is 11.6 Å². The molecule has 4 heteroatoms. The van der Waals surface area contributed by atoms with Gasteiger partial charge in [-0.1, -0.05) is 11.6 Å². The molecule has 0 spiro atoms. The fraction of sp³-hybridized carbons (Fsp3) is 0.286. The Balaban J connectivity index is 1.89. The standard InChI is InChI=1S/C14H15ClFNS/c1-10(6-11-4-5-18-9-11)17-8-12-7-13(15)2-3-14(12)16/h2-5,7,9-10,17H,6,8H2,1H3. The third-order valence-electron chi connectivity index (χ3n) is 2.77. The lowest BCUT2D eigenvalue weighted by Gasteiger charge is -2.13. The van der Waals surface area contributed by atoms with Crippen LogP contribution in [0.2, 0.25) is 5.02 Å². The van der Waals surface area contributed by atoms with Gasteiger partial charge in [-0.15, -0.1) is 0 Å². The van der Waals surface area contributed by atoms with E-state index in [0.717, 1.165) is 6.42 Å². The molecule has 0 saturated heterocycles. The lowest BCUT2D eigenvalue weighted by molar-refractivity contribution is 0.526. The Labute approximate surface area is 116 Å². The second-order valence-corrected chi connectivity index (χ2v) is 5.57. The predicted octanol–water partition coefficient (Wildman–Crippen LogP) is 4.26. The summed E-state index contributed by atoms with van der Waals surface area (Å²) in [6.45, 7) is 2.60. The van der Waals surface area contributed by atoms with Crippen LogP contribution in [-0.2, 0) is 13.0 Å².